The number of likely N-dealkylation sites (tertiary alicyclic amines) is 1. The fourth-order valence-electron chi connectivity index (χ4n) is 3.24. The number of halogens is 3. The number of nitrogens with two attached hydrogens (primary N) is 2. The van der Waals surface area contributed by atoms with Gasteiger partial charge in [-0.2, -0.15) is 0 Å². The zero-order valence-electron chi connectivity index (χ0n) is 16.7. The maximum absolute atomic E-state index is 12.1. The molecule has 0 atom stereocenters. The van der Waals surface area contributed by atoms with E-state index in [9.17, 15) is 4.79 Å². The summed E-state index contributed by atoms with van der Waals surface area (Å²) in [6, 6.07) is 0. The number of aromatic nitrogens is 2. The number of piperidine rings is 1. The third-order valence-electron chi connectivity index (χ3n) is 4.82. The Morgan fingerprint density at radius 3 is 2.50 bits per heavy atom. The fourth-order valence-corrected chi connectivity index (χ4v) is 3.36. The Kier molecular flexibility index (Phi) is 13.7. The third-order valence-corrected chi connectivity index (χ3v) is 5.10. The van der Waals surface area contributed by atoms with Gasteiger partial charge in [0.2, 0.25) is 0 Å². The molecule has 2 heterocycles. The van der Waals surface area contributed by atoms with Crippen LogP contribution in [-0.4, -0.2) is 64.6 Å². The van der Waals surface area contributed by atoms with Crippen LogP contribution in [0.1, 0.15) is 42.6 Å². The van der Waals surface area contributed by atoms with Gasteiger partial charge in [0.15, 0.2) is 28.4 Å². The molecule has 1 aliphatic heterocycles. The number of carbonyl (C=O) groups is 1. The van der Waals surface area contributed by atoms with E-state index < -0.39 is 5.91 Å². The summed E-state index contributed by atoms with van der Waals surface area (Å²) in [6.45, 7) is 3.70. The van der Waals surface area contributed by atoms with Crippen LogP contribution in [0.4, 0.5) is 11.6 Å². The van der Waals surface area contributed by atoms with Gasteiger partial charge in [-0.1, -0.05) is 24.4 Å². The fraction of sp³-hybridized carbons (Fsp3) is 0.647. The SMILES string of the molecule is Cl.Cl.N=C(NCCCCC1CCN(CCO)CC1)NC(=O)c1nc(Cl)c(N)nc1N. The molecule has 1 aromatic heterocycles. The van der Waals surface area contributed by atoms with Crippen molar-refractivity contribution in [2.24, 2.45) is 5.92 Å². The van der Waals surface area contributed by atoms with E-state index in [1.165, 1.54) is 12.8 Å². The predicted octanol–water partition coefficient (Wildman–Crippen LogP) is 1.27. The minimum atomic E-state index is -0.668. The predicted molar refractivity (Wildman–Crippen MR) is 124 cm³/mol. The molecular formula is C17H31Cl3N8O2. The summed E-state index contributed by atoms with van der Waals surface area (Å²) in [6.07, 6.45) is 5.47. The first-order valence-electron chi connectivity index (χ1n) is 9.46. The van der Waals surface area contributed by atoms with Crippen LogP contribution >= 0.6 is 36.4 Å². The van der Waals surface area contributed by atoms with Crippen LogP contribution in [0.2, 0.25) is 5.15 Å². The maximum atomic E-state index is 12.1. The third kappa shape index (κ3) is 9.05. The van der Waals surface area contributed by atoms with Crippen molar-refractivity contribution in [3.63, 3.8) is 0 Å². The topological polar surface area (TPSA) is 166 Å². The highest BCUT2D eigenvalue weighted by molar-refractivity contribution is 6.31. The summed E-state index contributed by atoms with van der Waals surface area (Å²) in [5.74, 6) is -0.262. The molecular weight excluding hydrogens is 455 g/mol. The molecule has 10 nitrogen and oxygen atoms in total. The number of anilines is 2. The van der Waals surface area contributed by atoms with Gasteiger partial charge in [0, 0.05) is 13.1 Å². The molecule has 0 aromatic carbocycles. The van der Waals surface area contributed by atoms with Crippen molar-refractivity contribution < 1.29 is 9.90 Å². The molecule has 0 radical (unpaired) electrons. The molecule has 8 N–H and O–H groups in total. The summed E-state index contributed by atoms with van der Waals surface area (Å²) in [5, 5.41) is 21.9. The van der Waals surface area contributed by atoms with Crippen molar-refractivity contribution in [3.05, 3.63) is 10.8 Å². The molecule has 0 bridgehead atoms. The van der Waals surface area contributed by atoms with E-state index >= 15 is 0 Å². The van der Waals surface area contributed by atoms with Crippen molar-refractivity contribution in [2.45, 2.75) is 32.1 Å². The lowest BCUT2D eigenvalue weighted by Gasteiger charge is -2.31. The van der Waals surface area contributed by atoms with E-state index in [2.05, 4.69) is 25.5 Å². The van der Waals surface area contributed by atoms with Crippen LogP contribution in [0, 0.1) is 11.3 Å². The molecule has 172 valence electrons. The number of carbonyl (C=O) groups excluding carboxylic acids is 1. The number of hydrogen-bond donors (Lipinski definition) is 6. The van der Waals surface area contributed by atoms with Gasteiger partial charge < -0.3 is 26.8 Å². The van der Waals surface area contributed by atoms with Gasteiger partial charge in [0.1, 0.15) is 0 Å². The molecule has 13 heteroatoms. The van der Waals surface area contributed by atoms with Gasteiger partial charge in [-0.15, -0.1) is 24.8 Å². The number of aliphatic hydroxyl groups is 1. The van der Waals surface area contributed by atoms with Gasteiger partial charge in [0.25, 0.3) is 5.91 Å². The number of unbranched alkanes of at least 4 members (excludes halogenated alkanes) is 1. The molecule has 1 amide bonds. The Hall–Kier alpha value is -1.59. The first-order valence-corrected chi connectivity index (χ1v) is 9.84. The van der Waals surface area contributed by atoms with Gasteiger partial charge in [0.05, 0.1) is 6.61 Å². The van der Waals surface area contributed by atoms with Crippen LogP contribution in [-0.2, 0) is 0 Å². The molecule has 1 aromatic rings. The number of β-amino-alcohol motifs (C(OH)–C–C–N with tert-alkyl or cyclic N) is 1. The number of rotatable bonds is 8. The number of amides is 1. The van der Waals surface area contributed by atoms with Crippen LogP contribution in [0.5, 0.6) is 0 Å². The molecule has 0 spiro atoms. The van der Waals surface area contributed by atoms with Crippen molar-refractivity contribution in [1.29, 1.82) is 5.41 Å². The number of nitrogen functional groups attached to an aromatic ring is 2. The molecule has 2 rings (SSSR count). The van der Waals surface area contributed by atoms with Crippen molar-refractivity contribution in [3.8, 4) is 0 Å². The highest BCUT2D eigenvalue weighted by atomic mass is 35.5. The number of aliphatic hydroxyl groups excluding tert-OH is 1. The van der Waals surface area contributed by atoms with Crippen LogP contribution in [0.3, 0.4) is 0 Å². The minimum absolute atomic E-state index is 0. The Morgan fingerprint density at radius 1 is 1.20 bits per heavy atom. The molecule has 1 saturated heterocycles. The van der Waals surface area contributed by atoms with Gasteiger partial charge >= 0.3 is 0 Å². The Balaban J connectivity index is 0.00000420. The van der Waals surface area contributed by atoms with Gasteiger partial charge in [-0.3, -0.25) is 15.5 Å². The van der Waals surface area contributed by atoms with Crippen LogP contribution in [0.15, 0.2) is 0 Å². The van der Waals surface area contributed by atoms with E-state index in [-0.39, 0.29) is 59.9 Å². The van der Waals surface area contributed by atoms with E-state index in [0.29, 0.717) is 6.54 Å². The lowest BCUT2D eigenvalue weighted by Crippen LogP contribution is -2.41. The summed E-state index contributed by atoms with van der Waals surface area (Å²) in [4.78, 5) is 22.0. The lowest BCUT2D eigenvalue weighted by atomic mass is 9.91. The zero-order chi connectivity index (χ0) is 20.5. The van der Waals surface area contributed by atoms with Crippen molar-refractivity contribution in [1.82, 2.24) is 25.5 Å². The number of nitrogens with zero attached hydrogens (tertiary/aromatic N) is 3. The Labute approximate surface area is 193 Å². The average Bonchev–Trinajstić information content (AvgIpc) is 2.66. The summed E-state index contributed by atoms with van der Waals surface area (Å²) < 4.78 is 0. The number of nitrogens with one attached hydrogen (secondary N) is 3. The zero-order valence-corrected chi connectivity index (χ0v) is 19.1. The highest BCUT2D eigenvalue weighted by Gasteiger charge is 2.19. The van der Waals surface area contributed by atoms with Gasteiger partial charge in [-0.05, 0) is 38.3 Å². The second-order valence-electron chi connectivity index (χ2n) is 6.89. The monoisotopic (exact) mass is 484 g/mol. The van der Waals surface area contributed by atoms with Crippen LogP contribution in [0.25, 0.3) is 0 Å². The van der Waals surface area contributed by atoms with Crippen LogP contribution < -0.4 is 22.1 Å². The summed E-state index contributed by atoms with van der Waals surface area (Å²) in [5.41, 5.74) is 10.9. The molecule has 0 aliphatic carbocycles. The lowest BCUT2D eigenvalue weighted by molar-refractivity contribution is 0.0971. The average molecular weight is 486 g/mol. The molecule has 0 saturated carbocycles. The van der Waals surface area contributed by atoms with Gasteiger partial charge in [-0.25, -0.2) is 9.97 Å². The smallest absolute Gasteiger partial charge is 0.280 e. The summed E-state index contributed by atoms with van der Waals surface area (Å²) in [7, 11) is 0. The Bertz CT molecular complexity index is 687. The second kappa shape index (κ2) is 14.4. The number of hydrogen-bond acceptors (Lipinski definition) is 8. The number of guanidine groups is 1. The van der Waals surface area contributed by atoms with E-state index in [1.807, 2.05) is 0 Å². The second-order valence-corrected chi connectivity index (χ2v) is 7.25. The molecule has 0 unspecified atom stereocenters. The molecule has 1 aliphatic rings. The normalized spacial score (nSPS) is 14.3. The van der Waals surface area contributed by atoms with Crippen molar-refractivity contribution in [2.75, 3.05) is 44.3 Å². The van der Waals surface area contributed by atoms with Crippen molar-refractivity contribution >= 4 is 59.9 Å². The first-order chi connectivity index (χ1) is 13.4. The van der Waals surface area contributed by atoms with E-state index in [1.54, 1.807) is 0 Å². The highest BCUT2D eigenvalue weighted by Crippen LogP contribution is 2.22. The maximum Gasteiger partial charge on any atom is 0.280 e. The first kappa shape index (κ1) is 28.4. The minimum Gasteiger partial charge on any atom is -0.395 e. The van der Waals surface area contributed by atoms with E-state index in [4.69, 9.17) is 33.6 Å². The quantitative estimate of drug-likeness (QED) is 0.182. The standard InChI is InChI=1S/C17H29ClN8O2.2ClH/c18-13-15(20)24-14(19)12(23-13)16(28)25-17(21)22-6-2-1-3-11-4-7-26(8-5-11)9-10-27;;/h11,27H,1-10H2,(H4,19,20,24)(H3,21,22,25,28);2*1H. The largest absolute Gasteiger partial charge is 0.395 e. The molecule has 1 fully saturated rings. The Morgan fingerprint density at radius 2 is 1.87 bits per heavy atom. The van der Waals surface area contributed by atoms with E-state index in [0.717, 1.165) is 44.8 Å². The molecule has 30 heavy (non-hydrogen) atoms. The summed E-state index contributed by atoms with van der Waals surface area (Å²) >= 11 is 5.76.